The van der Waals surface area contributed by atoms with E-state index in [0.717, 1.165) is 28.6 Å². The summed E-state index contributed by atoms with van der Waals surface area (Å²) >= 11 is 3.45. The van der Waals surface area contributed by atoms with Crippen molar-refractivity contribution >= 4 is 21.9 Å². The van der Waals surface area contributed by atoms with Crippen LogP contribution in [0.2, 0.25) is 0 Å². The Balaban J connectivity index is 2.58. The van der Waals surface area contributed by atoms with Gasteiger partial charge >= 0.3 is 5.97 Å². The van der Waals surface area contributed by atoms with Crippen molar-refractivity contribution in [2.45, 2.75) is 33.1 Å². The Bertz CT molecular complexity index is 391. The van der Waals surface area contributed by atoms with E-state index in [1.807, 2.05) is 18.2 Å². The van der Waals surface area contributed by atoms with Crippen molar-refractivity contribution < 1.29 is 14.3 Å². The number of carbonyl (C=O) groups excluding carboxylic acids is 1. The number of benzene rings is 1. The van der Waals surface area contributed by atoms with Crippen molar-refractivity contribution in [1.82, 2.24) is 0 Å². The van der Waals surface area contributed by atoms with Gasteiger partial charge in [-0.05, 0) is 47.0 Å². The monoisotopic (exact) mass is 314 g/mol. The number of ether oxygens (including phenoxy) is 2. The molecule has 0 atom stereocenters. The van der Waals surface area contributed by atoms with E-state index in [0.29, 0.717) is 19.6 Å². The summed E-state index contributed by atoms with van der Waals surface area (Å²) in [6.45, 7) is 5.06. The number of hydrogen-bond acceptors (Lipinski definition) is 3. The Morgan fingerprint density at radius 3 is 2.72 bits per heavy atom. The molecule has 0 spiro atoms. The van der Waals surface area contributed by atoms with Gasteiger partial charge in [0.05, 0.1) is 24.1 Å². The van der Waals surface area contributed by atoms with Gasteiger partial charge < -0.3 is 9.47 Å². The molecule has 0 aromatic heterocycles. The highest BCUT2D eigenvalue weighted by molar-refractivity contribution is 9.10. The molecule has 1 aromatic carbocycles. The fourth-order valence-corrected chi connectivity index (χ4v) is 2.02. The topological polar surface area (TPSA) is 35.5 Å². The van der Waals surface area contributed by atoms with E-state index in [2.05, 4.69) is 22.9 Å². The second-order valence-corrected chi connectivity index (χ2v) is 4.80. The minimum atomic E-state index is -0.205. The van der Waals surface area contributed by atoms with Crippen molar-refractivity contribution in [1.29, 1.82) is 0 Å². The van der Waals surface area contributed by atoms with Crippen LogP contribution in [0.3, 0.4) is 0 Å². The molecule has 0 N–H and O–H groups in total. The van der Waals surface area contributed by atoms with E-state index in [1.165, 1.54) is 0 Å². The highest BCUT2D eigenvalue weighted by Gasteiger charge is 2.07. The Hall–Kier alpha value is -1.03. The lowest BCUT2D eigenvalue weighted by atomic mass is 10.1. The Morgan fingerprint density at radius 1 is 1.33 bits per heavy atom. The van der Waals surface area contributed by atoms with Crippen LogP contribution in [0.25, 0.3) is 0 Å². The van der Waals surface area contributed by atoms with Crippen molar-refractivity contribution in [2.24, 2.45) is 0 Å². The first kappa shape index (κ1) is 15.0. The quantitative estimate of drug-likeness (QED) is 0.568. The smallest absolute Gasteiger partial charge is 0.310 e. The fourth-order valence-electron chi connectivity index (χ4n) is 1.48. The number of rotatable bonds is 7. The largest absolute Gasteiger partial charge is 0.492 e. The summed E-state index contributed by atoms with van der Waals surface area (Å²) in [6.07, 6.45) is 2.44. The summed E-state index contributed by atoms with van der Waals surface area (Å²) in [5, 5.41) is 0. The molecular weight excluding hydrogens is 296 g/mol. The second-order valence-electron chi connectivity index (χ2n) is 3.95. The number of unbranched alkanes of at least 4 members (excludes halogenated alkanes) is 1. The van der Waals surface area contributed by atoms with Crippen LogP contribution in [0.15, 0.2) is 22.7 Å². The first-order valence-electron chi connectivity index (χ1n) is 6.24. The first-order chi connectivity index (χ1) is 8.67. The molecule has 0 fully saturated rings. The van der Waals surface area contributed by atoms with Crippen LogP contribution in [0, 0.1) is 0 Å². The lowest BCUT2D eigenvalue weighted by Crippen LogP contribution is -2.07. The summed E-state index contributed by atoms with van der Waals surface area (Å²) in [7, 11) is 0. The van der Waals surface area contributed by atoms with E-state index in [1.54, 1.807) is 6.92 Å². The van der Waals surface area contributed by atoms with Crippen molar-refractivity contribution in [3.63, 3.8) is 0 Å². The van der Waals surface area contributed by atoms with Crippen LogP contribution in [-0.4, -0.2) is 19.2 Å². The number of hydrogen-bond donors (Lipinski definition) is 0. The van der Waals surface area contributed by atoms with Gasteiger partial charge in [0.2, 0.25) is 0 Å². The summed E-state index contributed by atoms with van der Waals surface area (Å²) < 4.78 is 11.4. The summed E-state index contributed by atoms with van der Waals surface area (Å²) in [5.41, 5.74) is 0.920. The third-order valence-electron chi connectivity index (χ3n) is 2.41. The van der Waals surface area contributed by atoms with E-state index in [4.69, 9.17) is 9.47 Å². The first-order valence-corrected chi connectivity index (χ1v) is 7.03. The number of esters is 1. The Morgan fingerprint density at radius 2 is 2.11 bits per heavy atom. The zero-order chi connectivity index (χ0) is 13.4. The van der Waals surface area contributed by atoms with E-state index >= 15 is 0 Å². The number of halogens is 1. The third-order valence-corrected chi connectivity index (χ3v) is 3.03. The molecule has 1 rings (SSSR count). The zero-order valence-corrected chi connectivity index (χ0v) is 12.5. The average molecular weight is 315 g/mol. The maximum atomic E-state index is 11.4. The van der Waals surface area contributed by atoms with Gasteiger partial charge in [0.1, 0.15) is 5.75 Å². The molecule has 0 aliphatic carbocycles. The fraction of sp³-hybridized carbons (Fsp3) is 0.500. The molecule has 0 amide bonds. The molecule has 4 heteroatoms. The molecule has 0 saturated carbocycles. The van der Waals surface area contributed by atoms with Crippen LogP contribution in [0.1, 0.15) is 32.3 Å². The average Bonchev–Trinajstić information content (AvgIpc) is 2.32. The standard InChI is InChI=1S/C14H19BrO3/c1-3-5-8-18-13-7-6-11(9-12(13)15)10-14(16)17-4-2/h6-7,9H,3-5,8,10H2,1-2H3. The molecule has 1 aromatic rings. The van der Waals surface area contributed by atoms with E-state index < -0.39 is 0 Å². The van der Waals surface area contributed by atoms with Gasteiger partial charge in [-0.15, -0.1) is 0 Å². The highest BCUT2D eigenvalue weighted by Crippen LogP contribution is 2.26. The van der Waals surface area contributed by atoms with Crippen LogP contribution in [0.4, 0.5) is 0 Å². The molecule has 0 heterocycles. The summed E-state index contributed by atoms with van der Waals surface area (Å²) in [5.74, 6) is 0.611. The second kappa shape index (κ2) is 8.14. The van der Waals surface area contributed by atoms with Crippen LogP contribution < -0.4 is 4.74 Å². The van der Waals surface area contributed by atoms with Crippen molar-refractivity contribution in [3.8, 4) is 5.75 Å². The van der Waals surface area contributed by atoms with Crippen LogP contribution in [0.5, 0.6) is 5.75 Å². The Kier molecular flexibility index (Phi) is 6.80. The molecule has 0 unspecified atom stereocenters. The van der Waals surface area contributed by atoms with Crippen molar-refractivity contribution in [3.05, 3.63) is 28.2 Å². The van der Waals surface area contributed by atoms with E-state index in [9.17, 15) is 4.79 Å². The minimum absolute atomic E-state index is 0.205. The molecule has 0 bridgehead atoms. The summed E-state index contributed by atoms with van der Waals surface area (Å²) in [4.78, 5) is 11.4. The normalized spacial score (nSPS) is 10.2. The third kappa shape index (κ3) is 5.08. The maximum Gasteiger partial charge on any atom is 0.310 e. The molecule has 18 heavy (non-hydrogen) atoms. The molecule has 0 aliphatic heterocycles. The van der Waals surface area contributed by atoms with Gasteiger partial charge in [-0.25, -0.2) is 0 Å². The van der Waals surface area contributed by atoms with Gasteiger partial charge in [0, 0.05) is 0 Å². The lowest BCUT2D eigenvalue weighted by Gasteiger charge is -2.09. The van der Waals surface area contributed by atoms with Gasteiger partial charge in [-0.3, -0.25) is 4.79 Å². The molecular formula is C14H19BrO3. The minimum Gasteiger partial charge on any atom is -0.492 e. The molecule has 100 valence electrons. The molecule has 0 radical (unpaired) electrons. The van der Waals surface area contributed by atoms with Crippen LogP contribution in [-0.2, 0) is 16.0 Å². The zero-order valence-electron chi connectivity index (χ0n) is 10.9. The highest BCUT2D eigenvalue weighted by atomic mass is 79.9. The SMILES string of the molecule is CCCCOc1ccc(CC(=O)OCC)cc1Br. The predicted octanol–water partition coefficient (Wildman–Crippen LogP) is 3.73. The van der Waals surface area contributed by atoms with Crippen LogP contribution >= 0.6 is 15.9 Å². The van der Waals surface area contributed by atoms with Crippen molar-refractivity contribution in [2.75, 3.05) is 13.2 Å². The molecule has 0 aliphatic rings. The predicted molar refractivity (Wildman–Crippen MR) is 74.9 cm³/mol. The van der Waals surface area contributed by atoms with Gasteiger partial charge in [0.15, 0.2) is 0 Å². The summed E-state index contributed by atoms with van der Waals surface area (Å²) in [6, 6.07) is 5.68. The van der Waals surface area contributed by atoms with Gasteiger partial charge in [0.25, 0.3) is 0 Å². The molecule has 0 saturated heterocycles. The Labute approximate surface area is 117 Å². The number of carbonyl (C=O) groups is 1. The van der Waals surface area contributed by atoms with Gasteiger partial charge in [-0.2, -0.15) is 0 Å². The molecule has 3 nitrogen and oxygen atoms in total. The van der Waals surface area contributed by atoms with Gasteiger partial charge in [-0.1, -0.05) is 19.4 Å². The lowest BCUT2D eigenvalue weighted by molar-refractivity contribution is -0.142. The van der Waals surface area contributed by atoms with E-state index in [-0.39, 0.29) is 5.97 Å². The maximum absolute atomic E-state index is 11.4.